The first-order chi connectivity index (χ1) is 10.2. The Morgan fingerprint density at radius 2 is 2.10 bits per heavy atom. The highest BCUT2D eigenvalue weighted by molar-refractivity contribution is 6.32. The highest BCUT2D eigenvalue weighted by Gasteiger charge is 2.26. The number of aliphatic hydroxyl groups excluding tert-OH is 1. The molecule has 1 aromatic rings. The van der Waals surface area contributed by atoms with E-state index >= 15 is 0 Å². The van der Waals surface area contributed by atoms with Crippen LogP contribution in [0.15, 0.2) is 24.3 Å². The normalized spacial score (nSPS) is 21.2. The fourth-order valence-corrected chi connectivity index (χ4v) is 2.96. The van der Waals surface area contributed by atoms with Gasteiger partial charge in [-0.2, -0.15) is 0 Å². The predicted octanol–water partition coefficient (Wildman–Crippen LogP) is 2.63. The molecule has 0 aromatic heterocycles. The molecule has 1 aromatic carbocycles. The highest BCUT2D eigenvalue weighted by Crippen LogP contribution is 2.30. The lowest BCUT2D eigenvalue weighted by Crippen LogP contribution is -2.32. The van der Waals surface area contributed by atoms with Gasteiger partial charge in [-0.05, 0) is 36.8 Å². The molecule has 1 fully saturated rings. The Morgan fingerprint density at radius 1 is 1.33 bits per heavy atom. The molecule has 0 radical (unpaired) electrons. The van der Waals surface area contributed by atoms with Crippen molar-refractivity contribution >= 4 is 17.5 Å². The van der Waals surface area contributed by atoms with Gasteiger partial charge in [0.05, 0.1) is 18.1 Å². The van der Waals surface area contributed by atoms with Gasteiger partial charge in [0.1, 0.15) is 5.75 Å². The van der Waals surface area contributed by atoms with E-state index in [-0.39, 0.29) is 12.5 Å². The zero-order chi connectivity index (χ0) is 15.1. The molecule has 2 atom stereocenters. The third-order valence-electron chi connectivity index (χ3n) is 4.04. The summed E-state index contributed by atoms with van der Waals surface area (Å²) in [6.07, 6.45) is 3.59. The van der Waals surface area contributed by atoms with Crippen molar-refractivity contribution in [2.45, 2.75) is 25.7 Å². The summed E-state index contributed by atoms with van der Waals surface area (Å²) in [4.78, 5) is 11.8. The van der Waals surface area contributed by atoms with Gasteiger partial charge in [-0.1, -0.05) is 30.2 Å². The van der Waals surface area contributed by atoms with E-state index in [0.717, 1.165) is 19.3 Å². The second-order valence-electron chi connectivity index (χ2n) is 5.47. The van der Waals surface area contributed by atoms with Crippen molar-refractivity contribution in [3.8, 4) is 5.75 Å². The molecule has 5 heteroatoms. The molecular formula is C16H22ClNO3. The number of ether oxygens (including phenoxy) is 1. The summed E-state index contributed by atoms with van der Waals surface area (Å²) in [7, 11) is 0. The Balaban J connectivity index is 1.65. The second kappa shape index (κ2) is 8.25. The number of para-hydroxylation sites is 1. The summed E-state index contributed by atoms with van der Waals surface area (Å²) in [5.41, 5.74) is 0. The first kappa shape index (κ1) is 16.1. The Labute approximate surface area is 130 Å². The number of carbonyl (C=O) groups excluding carboxylic acids is 1. The van der Waals surface area contributed by atoms with Crippen molar-refractivity contribution in [3.05, 3.63) is 29.3 Å². The number of halogens is 1. The predicted molar refractivity (Wildman–Crippen MR) is 82.5 cm³/mol. The largest absolute Gasteiger partial charge is 0.491 e. The van der Waals surface area contributed by atoms with Crippen LogP contribution in [0.1, 0.15) is 25.7 Å². The van der Waals surface area contributed by atoms with Gasteiger partial charge in [-0.15, -0.1) is 0 Å². The molecule has 0 saturated heterocycles. The molecule has 1 amide bonds. The van der Waals surface area contributed by atoms with Crippen LogP contribution < -0.4 is 10.1 Å². The van der Waals surface area contributed by atoms with Crippen LogP contribution in [-0.4, -0.2) is 30.8 Å². The number of hydrogen-bond donors (Lipinski definition) is 2. The number of amides is 1. The number of aliphatic hydroxyl groups is 1. The molecule has 0 heterocycles. The topological polar surface area (TPSA) is 58.6 Å². The summed E-state index contributed by atoms with van der Waals surface area (Å²) in [6, 6.07) is 7.22. The number of benzene rings is 1. The van der Waals surface area contributed by atoms with Gasteiger partial charge in [0.2, 0.25) is 5.91 Å². The Kier molecular flexibility index (Phi) is 6.33. The third-order valence-corrected chi connectivity index (χ3v) is 4.35. The van der Waals surface area contributed by atoms with E-state index in [0.29, 0.717) is 42.2 Å². The molecule has 1 aliphatic rings. The monoisotopic (exact) mass is 311 g/mol. The molecule has 21 heavy (non-hydrogen) atoms. The summed E-state index contributed by atoms with van der Waals surface area (Å²) in [6.45, 7) is 1.18. The standard InChI is InChI=1S/C16H22ClNO3/c17-14-6-1-2-7-15(14)21-9-8-16(20)18-10-12-4-3-5-13(12)11-19/h1-2,6-7,12-13,19H,3-5,8-11H2,(H,18,20). The Bertz CT molecular complexity index is 467. The van der Waals surface area contributed by atoms with Crippen molar-refractivity contribution in [3.63, 3.8) is 0 Å². The van der Waals surface area contributed by atoms with Crippen molar-refractivity contribution < 1.29 is 14.6 Å². The van der Waals surface area contributed by atoms with Crippen LogP contribution in [0.25, 0.3) is 0 Å². The van der Waals surface area contributed by atoms with E-state index in [9.17, 15) is 9.90 Å². The number of carbonyl (C=O) groups is 1. The van der Waals surface area contributed by atoms with E-state index in [4.69, 9.17) is 16.3 Å². The van der Waals surface area contributed by atoms with Gasteiger partial charge in [-0.25, -0.2) is 0 Å². The van der Waals surface area contributed by atoms with Crippen LogP contribution in [-0.2, 0) is 4.79 Å². The minimum Gasteiger partial charge on any atom is -0.491 e. The molecule has 116 valence electrons. The summed E-state index contributed by atoms with van der Waals surface area (Å²) >= 11 is 5.97. The molecular weight excluding hydrogens is 290 g/mol. The maximum Gasteiger partial charge on any atom is 0.223 e. The van der Waals surface area contributed by atoms with Gasteiger partial charge >= 0.3 is 0 Å². The van der Waals surface area contributed by atoms with Gasteiger partial charge in [0, 0.05) is 13.2 Å². The smallest absolute Gasteiger partial charge is 0.223 e. The second-order valence-corrected chi connectivity index (χ2v) is 5.87. The van der Waals surface area contributed by atoms with Crippen molar-refractivity contribution in [2.24, 2.45) is 11.8 Å². The van der Waals surface area contributed by atoms with E-state index in [1.807, 2.05) is 12.1 Å². The fourth-order valence-electron chi connectivity index (χ4n) is 2.77. The molecule has 1 saturated carbocycles. The van der Waals surface area contributed by atoms with Crippen LogP contribution >= 0.6 is 11.6 Å². The van der Waals surface area contributed by atoms with Gasteiger partial charge in [-0.3, -0.25) is 4.79 Å². The first-order valence-corrected chi connectivity index (χ1v) is 7.83. The number of nitrogens with one attached hydrogen (secondary N) is 1. The molecule has 0 bridgehead atoms. The average molecular weight is 312 g/mol. The van der Waals surface area contributed by atoms with Crippen molar-refractivity contribution in [1.29, 1.82) is 0 Å². The maximum absolute atomic E-state index is 11.8. The Morgan fingerprint density at radius 3 is 2.86 bits per heavy atom. The average Bonchev–Trinajstić information content (AvgIpc) is 2.94. The lowest BCUT2D eigenvalue weighted by molar-refractivity contribution is -0.121. The maximum atomic E-state index is 11.8. The van der Waals surface area contributed by atoms with E-state index in [1.54, 1.807) is 12.1 Å². The van der Waals surface area contributed by atoms with E-state index in [2.05, 4.69) is 5.32 Å². The molecule has 2 unspecified atom stereocenters. The number of hydrogen-bond acceptors (Lipinski definition) is 3. The van der Waals surface area contributed by atoms with Crippen LogP contribution in [0.3, 0.4) is 0 Å². The Hall–Kier alpha value is -1.26. The fraction of sp³-hybridized carbons (Fsp3) is 0.562. The molecule has 1 aliphatic carbocycles. The van der Waals surface area contributed by atoms with E-state index < -0.39 is 0 Å². The van der Waals surface area contributed by atoms with Gasteiger partial charge < -0.3 is 15.2 Å². The van der Waals surface area contributed by atoms with Crippen LogP contribution in [0.2, 0.25) is 5.02 Å². The summed E-state index contributed by atoms with van der Waals surface area (Å²) in [5, 5.41) is 12.7. The molecule has 0 spiro atoms. The quantitative estimate of drug-likeness (QED) is 0.814. The SMILES string of the molecule is O=C(CCOc1ccccc1Cl)NCC1CCCC1CO. The van der Waals surface area contributed by atoms with E-state index in [1.165, 1.54) is 0 Å². The number of rotatable bonds is 7. The summed E-state index contributed by atoms with van der Waals surface area (Å²) in [5.74, 6) is 1.32. The third kappa shape index (κ3) is 4.90. The zero-order valence-electron chi connectivity index (χ0n) is 12.1. The minimum atomic E-state index is -0.0226. The highest BCUT2D eigenvalue weighted by atomic mass is 35.5. The minimum absolute atomic E-state index is 0.0226. The summed E-state index contributed by atoms with van der Waals surface area (Å²) < 4.78 is 5.49. The lowest BCUT2D eigenvalue weighted by Gasteiger charge is -2.17. The zero-order valence-corrected chi connectivity index (χ0v) is 12.8. The molecule has 2 N–H and O–H groups in total. The van der Waals surface area contributed by atoms with Gasteiger partial charge in [0.15, 0.2) is 0 Å². The lowest BCUT2D eigenvalue weighted by atomic mass is 9.97. The van der Waals surface area contributed by atoms with Crippen LogP contribution in [0, 0.1) is 11.8 Å². The molecule has 2 rings (SSSR count). The molecule has 4 nitrogen and oxygen atoms in total. The first-order valence-electron chi connectivity index (χ1n) is 7.45. The van der Waals surface area contributed by atoms with Crippen molar-refractivity contribution in [2.75, 3.05) is 19.8 Å². The molecule has 0 aliphatic heterocycles. The van der Waals surface area contributed by atoms with Crippen LogP contribution in [0.4, 0.5) is 0 Å². The van der Waals surface area contributed by atoms with Crippen molar-refractivity contribution in [1.82, 2.24) is 5.32 Å². The van der Waals surface area contributed by atoms with Gasteiger partial charge in [0.25, 0.3) is 0 Å². The van der Waals surface area contributed by atoms with Crippen LogP contribution in [0.5, 0.6) is 5.75 Å².